The number of fused-ring (bicyclic) bond motifs is 1. The van der Waals surface area contributed by atoms with Gasteiger partial charge >= 0.3 is 0 Å². The maximum atomic E-state index is 12.6. The number of hydrogen-bond acceptors (Lipinski definition) is 2. The van der Waals surface area contributed by atoms with Gasteiger partial charge in [0, 0.05) is 30.8 Å². The second kappa shape index (κ2) is 7.33. The van der Waals surface area contributed by atoms with E-state index in [0.717, 1.165) is 16.8 Å². The van der Waals surface area contributed by atoms with Crippen LogP contribution in [0.25, 0.3) is 0 Å². The number of benzene rings is 1. The zero-order valence-electron chi connectivity index (χ0n) is 12.6. The Labute approximate surface area is 146 Å². The number of nitrogens with one attached hydrogen (secondary N) is 1. The summed E-state index contributed by atoms with van der Waals surface area (Å²) in [5.74, 6) is -0.353. The summed E-state index contributed by atoms with van der Waals surface area (Å²) in [6.07, 6.45) is 3.15. The number of nitrogens with zero attached hydrogens (tertiary/aromatic N) is 1. The summed E-state index contributed by atoms with van der Waals surface area (Å²) in [5, 5.41) is 3.00. The molecule has 0 spiro atoms. The maximum Gasteiger partial charge on any atom is 0.224 e. The molecule has 3 nitrogen and oxygen atoms in total. The Kier molecular flexibility index (Phi) is 5.19. The van der Waals surface area contributed by atoms with E-state index in [1.54, 1.807) is 6.20 Å². The molecule has 1 N–H and O–H groups in total. The summed E-state index contributed by atoms with van der Waals surface area (Å²) in [6.45, 7) is 0.560. The summed E-state index contributed by atoms with van der Waals surface area (Å²) in [5.41, 5.74) is 3.22. The van der Waals surface area contributed by atoms with Gasteiger partial charge in [0.15, 0.2) is 0 Å². The van der Waals surface area contributed by atoms with E-state index in [1.165, 1.54) is 0 Å². The summed E-state index contributed by atoms with van der Waals surface area (Å²) < 4.78 is 0. The van der Waals surface area contributed by atoms with Crippen molar-refractivity contribution < 1.29 is 4.79 Å². The lowest BCUT2D eigenvalue weighted by atomic mass is 9.93. The number of alkyl halides is 2. The normalized spacial score (nSPS) is 19.6. The molecule has 1 heterocycles. The van der Waals surface area contributed by atoms with Crippen LogP contribution in [0.4, 0.5) is 0 Å². The molecule has 0 fully saturated rings. The average molecular weight is 349 g/mol. The monoisotopic (exact) mass is 348 g/mol. The molecule has 0 aliphatic heterocycles. The minimum absolute atomic E-state index is 0.00781. The van der Waals surface area contributed by atoms with Crippen LogP contribution in [0.2, 0.25) is 0 Å². The van der Waals surface area contributed by atoms with Crippen molar-refractivity contribution in [3.8, 4) is 0 Å². The van der Waals surface area contributed by atoms with E-state index < -0.39 is 4.84 Å². The van der Waals surface area contributed by atoms with E-state index in [1.807, 2.05) is 42.5 Å². The Hall–Kier alpha value is -1.58. The fourth-order valence-electron chi connectivity index (χ4n) is 3.18. The van der Waals surface area contributed by atoms with E-state index in [2.05, 4.69) is 10.3 Å². The smallest absolute Gasteiger partial charge is 0.224 e. The SMILES string of the molecule is O=C(NCCc1ccccn1)[C@H]1Cc2ccccc2[C@H]1C(Cl)Cl. The molecule has 0 saturated carbocycles. The van der Waals surface area contributed by atoms with Crippen LogP contribution in [-0.2, 0) is 17.6 Å². The van der Waals surface area contributed by atoms with Gasteiger partial charge in [-0.15, -0.1) is 23.2 Å². The Morgan fingerprint density at radius 1 is 1.22 bits per heavy atom. The second-order valence-electron chi connectivity index (χ2n) is 5.73. The van der Waals surface area contributed by atoms with Crippen LogP contribution >= 0.6 is 23.2 Å². The molecular weight excluding hydrogens is 331 g/mol. The summed E-state index contributed by atoms with van der Waals surface area (Å²) in [6, 6.07) is 13.8. The van der Waals surface area contributed by atoms with E-state index in [0.29, 0.717) is 19.4 Å². The first-order valence-electron chi connectivity index (χ1n) is 7.70. The van der Waals surface area contributed by atoms with Gasteiger partial charge in [-0.25, -0.2) is 0 Å². The topological polar surface area (TPSA) is 42.0 Å². The summed E-state index contributed by atoms with van der Waals surface area (Å²) in [7, 11) is 0. The molecule has 2 aromatic rings. The van der Waals surface area contributed by atoms with Crippen LogP contribution in [0, 0.1) is 5.92 Å². The lowest BCUT2D eigenvalue weighted by Gasteiger charge is -2.21. The van der Waals surface area contributed by atoms with Crippen LogP contribution < -0.4 is 5.32 Å². The molecule has 1 aromatic carbocycles. The first-order chi connectivity index (χ1) is 11.2. The third-order valence-corrected chi connectivity index (χ3v) is 4.85. The first kappa shape index (κ1) is 16.3. The Balaban J connectivity index is 1.63. The molecule has 3 rings (SSSR count). The fourth-order valence-corrected chi connectivity index (χ4v) is 3.81. The van der Waals surface area contributed by atoms with E-state index in [9.17, 15) is 4.79 Å². The quantitative estimate of drug-likeness (QED) is 0.840. The van der Waals surface area contributed by atoms with Crippen molar-refractivity contribution in [3.05, 3.63) is 65.5 Å². The van der Waals surface area contributed by atoms with Gasteiger partial charge in [-0.1, -0.05) is 30.3 Å². The van der Waals surface area contributed by atoms with E-state index >= 15 is 0 Å². The second-order valence-corrected chi connectivity index (χ2v) is 6.90. The van der Waals surface area contributed by atoms with Gasteiger partial charge in [0.05, 0.1) is 5.92 Å². The minimum Gasteiger partial charge on any atom is -0.355 e. The highest BCUT2D eigenvalue weighted by Crippen LogP contribution is 2.43. The summed E-state index contributed by atoms with van der Waals surface area (Å²) >= 11 is 12.3. The Bertz CT molecular complexity index is 676. The maximum absolute atomic E-state index is 12.6. The zero-order chi connectivity index (χ0) is 16.2. The van der Waals surface area contributed by atoms with Crippen LogP contribution in [0.1, 0.15) is 22.7 Å². The van der Waals surface area contributed by atoms with Crippen molar-refractivity contribution in [2.45, 2.75) is 23.6 Å². The van der Waals surface area contributed by atoms with Crippen molar-refractivity contribution in [3.63, 3.8) is 0 Å². The predicted molar refractivity (Wildman–Crippen MR) is 92.8 cm³/mol. The number of hydrogen-bond donors (Lipinski definition) is 1. The van der Waals surface area contributed by atoms with Crippen LogP contribution in [0.3, 0.4) is 0 Å². The van der Waals surface area contributed by atoms with E-state index in [4.69, 9.17) is 23.2 Å². The molecule has 0 radical (unpaired) electrons. The van der Waals surface area contributed by atoms with Crippen molar-refractivity contribution in [2.75, 3.05) is 6.54 Å². The van der Waals surface area contributed by atoms with Crippen LogP contribution in [-0.4, -0.2) is 22.3 Å². The van der Waals surface area contributed by atoms with Crippen molar-refractivity contribution in [2.24, 2.45) is 5.92 Å². The van der Waals surface area contributed by atoms with Gasteiger partial charge in [-0.2, -0.15) is 0 Å². The number of carbonyl (C=O) groups excluding carboxylic acids is 1. The molecule has 1 aromatic heterocycles. The van der Waals surface area contributed by atoms with Gasteiger partial charge in [-0.3, -0.25) is 9.78 Å². The number of carbonyl (C=O) groups is 1. The molecule has 1 aliphatic carbocycles. The third kappa shape index (κ3) is 3.67. The van der Waals surface area contributed by atoms with Gasteiger partial charge in [0.2, 0.25) is 5.91 Å². The zero-order valence-corrected chi connectivity index (χ0v) is 14.1. The average Bonchev–Trinajstić information content (AvgIpc) is 2.95. The molecule has 1 amide bonds. The van der Waals surface area contributed by atoms with Gasteiger partial charge in [-0.05, 0) is 29.7 Å². The molecule has 5 heteroatoms. The highest BCUT2D eigenvalue weighted by Gasteiger charge is 2.40. The minimum atomic E-state index is -0.592. The largest absolute Gasteiger partial charge is 0.355 e. The molecule has 0 unspecified atom stereocenters. The molecule has 23 heavy (non-hydrogen) atoms. The number of rotatable bonds is 5. The number of aromatic nitrogens is 1. The van der Waals surface area contributed by atoms with Gasteiger partial charge in [0.1, 0.15) is 4.84 Å². The number of pyridine rings is 1. The molecule has 0 bridgehead atoms. The van der Waals surface area contributed by atoms with Gasteiger partial charge in [0.25, 0.3) is 0 Å². The highest BCUT2D eigenvalue weighted by atomic mass is 35.5. The van der Waals surface area contributed by atoms with E-state index in [-0.39, 0.29) is 17.7 Å². The molecule has 120 valence electrons. The molecule has 2 atom stereocenters. The van der Waals surface area contributed by atoms with Crippen LogP contribution in [0.15, 0.2) is 48.7 Å². The summed E-state index contributed by atoms with van der Waals surface area (Å²) in [4.78, 5) is 16.2. The number of amides is 1. The Morgan fingerprint density at radius 3 is 2.74 bits per heavy atom. The first-order valence-corrected chi connectivity index (χ1v) is 8.57. The third-order valence-electron chi connectivity index (χ3n) is 4.30. The van der Waals surface area contributed by atoms with Gasteiger partial charge < -0.3 is 5.32 Å². The molecular formula is C18H18Cl2N2O. The highest BCUT2D eigenvalue weighted by molar-refractivity contribution is 6.45. The lowest BCUT2D eigenvalue weighted by molar-refractivity contribution is -0.125. The lowest BCUT2D eigenvalue weighted by Crippen LogP contribution is -2.35. The predicted octanol–water partition coefficient (Wildman–Crippen LogP) is 3.50. The van der Waals surface area contributed by atoms with Crippen molar-refractivity contribution in [1.29, 1.82) is 0 Å². The van der Waals surface area contributed by atoms with Crippen molar-refractivity contribution in [1.82, 2.24) is 10.3 Å². The number of halogens is 2. The van der Waals surface area contributed by atoms with Crippen LogP contribution in [0.5, 0.6) is 0 Å². The molecule has 1 aliphatic rings. The Morgan fingerprint density at radius 2 is 2.00 bits per heavy atom. The molecule has 0 saturated heterocycles. The van der Waals surface area contributed by atoms with Crippen molar-refractivity contribution >= 4 is 29.1 Å². The fraction of sp³-hybridized carbons (Fsp3) is 0.333. The standard InChI is InChI=1S/C18H18Cl2N2O/c19-17(20)16-14-7-2-1-5-12(14)11-15(16)18(23)22-10-8-13-6-3-4-9-21-13/h1-7,9,15-17H,8,10-11H2,(H,22,23)/t15-,16+/m0/s1.